The number of hydrogen-bond donors (Lipinski definition) is 6. The molecule has 0 aromatic heterocycles. The van der Waals surface area contributed by atoms with Crippen molar-refractivity contribution in [1.29, 1.82) is 0 Å². The zero-order chi connectivity index (χ0) is 44.4. The smallest absolute Gasteiger partial charge is 0.220 e. The van der Waals surface area contributed by atoms with E-state index in [1.165, 1.54) is 186 Å². The first kappa shape index (κ1) is 57.7. The van der Waals surface area contributed by atoms with Crippen molar-refractivity contribution in [1.82, 2.24) is 5.32 Å². The van der Waals surface area contributed by atoms with Gasteiger partial charge in [-0.3, -0.25) is 4.79 Å². The Balaban J connectivity index is 2.11. The van der Waals surface area contributed by atoms with Gasteiger partial charge in [-0.1, -0.05) is 231 Å². The minimum absolute atomic E-state index is 0.185. The van der Waals surface area contributed by atoms with E-state index in [1.54, 1.807) is 6.08 Å². The van der Waals surface area contributed by atoms with Gasteiger partial charge in [0.05, 0.1) is 25.4 Å². The Labute approximate surface area is 375 Å². The molecule has 6 N–H and O–H groups in total. The van der Waals surface area contributed by atoms with E-state index in [0.717, 1.165) is 38.5 Å². The minimum Gasteiger partial charge on any atom is -0.394 e. The molecule has 0 spiro atoms. The molecule has 0 aromatic rings. The van der Waals surface area contributed by atoms with Crippen molar-refractivity contribution in [3.8, 4) is 0 Å². The van der Waals surface area contributed by atoms with Gasteiger partial charge in [0.2, 0.25) is 5.91 Å². The Hall–Kier alpha value is -1.33. The molecule has 1 heterocycles. The molecule has 1 aliphatic rings. The highest BCUT2D eigenvalue weighted by Crippen LogP contribution is 2.23. The lowest BCUT2D eigenvalue weighted by Crippen LogP contribution is -2.60. The number of unbranched alkanes of at least 4 members (excludes halogenated alkanes) is 32. The molecule has 360 valence electrons. The molecular weight excluding hydrogens is 767 g/mol. The Morgan fingerprint density at radius 2 is 0.934 bits per heavy atom. The van der Waals surface area contributed by atoms with E-state index in [9.17, 15) is 30.3 Å². The van der Waals surface area contributed by atoms with Crippen LogP contribution < -0.4 is 5.32 Å². The second-order valence-corrected chi connectivity index (χ2v) is 18.3. The van der Waals surface area contributed by atoms with Crippen LogP contribution in [0.3, 0.4) is 0 Å². The molecule has 1 saturated heterocycles. The summed E-state index contributed by atoms with van der Waals surface area (Å²) in [6.45, 7) is 3.72. The summed E-state index contributed by atoms with van der Waals surface area (Å²) in [5, 5.41) is 54.1. The van der Waals surface area contributed by atoms with Crippen LogP contribution in [0.4, 0.5) is 0 Å². The maximum absolute atomic E-state index is 12.9. The van der Waals surface area contributed by atoms with Crippen LogP contribution in [0.1, 0.15) is 245 Å². The number of rotatable bonds is 44. The predicted octanol–water partition coefficient (Wildman–Crippen LogP) is 11.8. The van der Waals surface area contributed by atoms with Crippen LogP contribution in [0, 0.1) is 0 Å². The molecular formula is C52H99NO8. The maximum atomic E-state index is 12.9. The van der Waals surface area contributed by atoms with Crippen LogP contribution in [0.15, 0.2) is 24.3 Å². The third-order valence-electron chi connectivity index (χ3n) is 12.5. The van der Waals surface area contributed by atoms with Gasteiger partial charge in [-0.2, -0.15) is 0 Å². The van der Waals surface area contributed by atoms with E-state index in [0.29, 0.717) is 6.42 Å². The number of amides is 1. The van der Waals surface area contributed by atoms with Crippen LogP contribution in [-0.2, 0) is 14.3 Å². The van der Waals surface area contributed by atoms with Crippen LogP contribution in [0.25, 0.3) is 0 Å². The Kier molecular flexibility index (Phi) is 40.3. The molecule has 0 radical (unpaired) electrons. The number of carbonyl (C=O) groups excluding carboxylic acids is 1. The molecule has 1 aliphatic heterocycles. The van der Waals surface area contributed by atoms with Crippen molar-refractivity contribution in [2.45, 2.75) is 288 Å². The summed E-state index contributed by atoms with van der Waals surface area (Å²) >= 11 is 0. The molecule has 7 atom stereocenters. The second-order valence-electron chi connectivity index (χ2n) is 18.3. The third kappa shape index (κ3) is 32.9. The largest absolute Gasteiger partial charge is 0.394 e. The maximum Gasteiger partial charge on any atom is 0.220 e. The predicted molar refractivity (Wildman–Crippen MR) is 253 cm³/mol. The minimum atomic E-state index is -1.57. The molecule has 7 unspecified atom stereocenters. The monoisotopic (exact) mass is 866 g/mol. The lowest BCUT2D eigenvalue weighted by molar-refractivity contribution is -0.302. The highest BCUT2D eigenvalue weighted by molar-refractivity contribution is 5.76. The lowest BCUT2D eigenvalue weighted by atomic mass is 9.99. The molecule has 0 saturated carbocycles. The molecule has 0 aliphatic carbocycles. The summed E-state index contributed by atoms with van der Waals surface area (Å²) < 4.78 is 11.2. The van der Waals surface area contributed by atoms with Gasteiger partial charge < -0.3 is 40.3 Å². The first-order valence-corrected chi connectivity index (χ1v) is 26.1. The van der Waals surface area contributed by atoms with Crippen LogP contribution in [0.2, 0.25) is 0 Å². The summed E-state index contributed by atoms with van der Waals surface area (Å²) in [6, 6.07) is -0.815. The average Bonchev–Trinajstić information content (AvgIpc) is 3.26. The average molecular weight is 866 g/mol. The van der Waals surface area contributed by atoms with Gasteiger partial charge in [-0.25, -0.2) is 0 Å². The summed E-state index contributed by atoms with van der Waals surface area (Å²) in [4.78, 5) is 12.9. The van der Waals surface area contributed by atoms with E-state index in [1.807, 2.05) is 6.08 Å². The van der Waals surface area contributed by atoms with E-state index in [2.05, 4.69) is 31.3 Å². The number of carbonyl (C=O) groups is 1. The van der Waals surface area contributed by atoms with Crippen molar-refractivity contribution in [2.75, 3.05) is 13.2 Å². The molecule has 1 amide bonds. The van der Waals surface area contributed by atoms with Crippen LogP contribution in [-0.4, -0.2) is 87.5 Å². The van der Waals surface area contributed by atoms with Crippen LogP contribution >= 0.6 is 0 Å². The van der Waals surface area contributed by atoms with Crippen molar-refractivity contribution in [3.63, 3.8) is 0 Å². The number of aliphatic hydroxyl groups excluding tert-OH is 5. The van der Waals surface area contributed by atoms with Gasteiger partial charge in [-0.15, -0.1) is 0 Å². The van der Waals surface area contributed by atoms with E-state index >= 15 is 0 Å². The first-order chi connectivity index (χ1) is 29.8. The highest BCUT2D eigenvalue weighted by Gasteiger charge is 2.44. The number of ether oxygens (including phenoxy) is 2. The SMILES string of the molecule is CCCCC/C=C/CC/C=C/C(O)C(COC1OC(CO)C(O)C(O)C1O)NC(=O)CCCCCCCCCCCCCCCCCCCCCCCCCCCCCCC. The number of hydrogen-bond acceptors (Lipinski definition) is 8. The van der Waals surface area contributed by atoms with Crippen molar-refractivity contribution >= 4 is 5.91 Å². The normalized spacial score (nSPS) is 20.5. The van der Waals surface area contributed by atoms with Gasteiger partial charge in [-0.05, 0) is 32.1 Å². The Bertz CT molecular complexity index is 1010. The topological polar surface area (TPSA) is 149 Å². The number of nitrogens with one attached hydrogen (secondary N) is 1. The van der Waals surface area contributed by atoms with E-state index in [-0.39, 0.29) is 12.5 Å². The van der Waals surface area contributed by atoms with Gasteiger partial charge >= 0.3 is 0 Å². The highest BCUT2D eigenvalue weighted by atomic mass is 16.7. The fourth-order valence-electron chi connectivity index (χ4n) is 8.35. The molecule has 0 aromatic carbocycles. The summed E-state index contributed by atoms with van der Waals surface area (Å²) in [5.41, 5.74) is 0. The number of allylic oxidation sites excluding steroid dienone is 3. The van der Waals surface area contributed by atoms with Crippen molar-refractivity contribution in [3.05, 3.63) is 24.3 Å². The van der Waals surface area contributed by atoms with E-state index in [4.69, 9.17) is 9.47 Å². The van der Waals surface area contributed by atoms with E-state index < -0.39 is 49.5 Å². The molecule has 1 rings (SSSR count). The van der Waals surface area contributed by atoms with Gasteiger partial charge in [0, 0.05) is 6.42 Å². The molecule has 9 heteroatoms. The quantitative estimate of drug-likeness (QED) is 0.0262. The summed E-state index contributed by atoms with van der Waals surface area (Å²) in [7, 11) is 0. The lowest BCUT2D eigenvalue weighted by Gasteiger charge is -2.40. The molecule has 9 nitrogen and oxygen atoms in total. The van der Waals surface area contributed by atoms with Crippen molar-refractivity contribution < 1.29 is 39.8 Å². The van der Waals surface area contributed by atoms with Gasteiger partial charge in [0.1, 0.15) is 24.4 Å². The summed E-state index contributed by atoms with van der Waals surface area (Å²) in [5.74, 6) is -0.185. The second kappa shape index (κ2) is 42.6. The zero-order valence-electron chi connectivity index (χ0n) is 39.7. The van der Waals surface area contributed by atoms with Gasteiger partial charge in [0.15, 0.2) is 6.29 Å². The zero-order valence-corrected chi connectivity index (χ0v) is 39.7. The summed E-state index contributed by atoms with van der Waals surface area (Å²) in [6.07, 6.45) is 45.6. The first-order valence-electron chi connectivity index (χ1n) is 26.1. The molecule has 61 heavy (non-hydrogen) atoms. The fraction of sp³-hybridized carbons (Fsp3) is 0.904. The van der Waals surface area contributed by atoms with Gasteiger partial charge in [0.25, 0.3) is 0 Å². The molecule has 1 fully saturated rings. The Morgan fingerprint density at radius 1 is 0.541 bits per heavy atom. The van der Waals surface area contributed by atoms with Crippen molar-refractivity contribution in [2.24, 2.45) is 0 Å². The third-order valence-corrected chi connectivity index (χ3v) is 12.5. The Morgan fingerprint density at radius 3 is 1.38 bits per heavy atom. The fourth-order valence-corrected chi connectivity index (χ4v) is 8.35. The standard InChI is InChI=1S/C52H99NO8/c1-3-5-7-9-11-13-14-15-16-17-18-19-20-21-22-23-24-25-26-27-28-29-30-31-32-34-36-38-40-42-48(56)53-45(46(55)41-39-37-35-33-12-10-8-6-4-2)44-60-52-51(59)50(58)49(57)47(43-54)61-52/h12,33,39,41,45-47,49-52,54-55,57-59H,3-11,13-32,34-38,40,42-44H2,1-2H3,(H,53,56)/b33-12+,41-39+. The van der Waals surface area contributed by atoms with Crippen LogP contribution in [0.5, 0.6) is 0 Å². The molecule has 0 bridgehead atoms. The number of aliphatic hydroxyl groups is 5.